The maximum Gasteiger partial charge on any atom is 0.416 e. The third-order valence-electron chi connectivity index (χ3n) is 6.43. The van der Waals surface area contributed by atoms with Crippen molar-refractivity contribution in [3.8, 4) is 5.69 Å². The normalized spacial score (nSPS) is 17.8. The Morgan fingerprint density at radius 3 is 2.61 bits per heavy atom. The fraction of sp³-hybridized carbons (Fsp3) is 0.346. The van der Waals surface area contributed by atoms with Crippen LogP contribution >= 0.6 is 12.2 Å². The van der Waals surface area contributed by atoms with Gasteiger partial charge in [-0.05, 0) is 74.4 Å². The van der Waals surface area contributed by atoms with Gasteiger partial charge in [0.15, 0.2) is 5.11 Å². The van der Waals surface area contributed by atoms with Gasteiger partial charge in [0.25, 0.3) is 0 Å². The molecule has 10 heteroatoms. The van der Waals surface area contributed by atoms with Crippen LogP contribution in [0.3, 0.4) is 0 Å². The highest BCUT2D eigenvalue weighted by Gasteiger charge is 2.41. The van der Waals surface area contributed by atoms with Gasteiger partial charge in [-0.15, -0.1) is 0 Å². The highest BCUT2D eigenvalue weighted by atomic mass is 32.1. The molecule has 1 aromatic carbocycles. The Balaban J connectivity index is 1.76. The number of methoxy groups -OCH3 is 1. The second-order valence-electron chi connectivity index (χ2n) is 8.71. The molecule has 2 aromatic heterocycles. The minimum atomic E-state index is -4.43. The Hall–Kier alpha value is -3.40. The Bertz CT molecular complexity index is 1260. The van der Waals surface area contributed by atoms with Gasteiger partial charge in [-0.2, -0.15) is 13.2 Å². The molecule has 190 valence electrons. The second kappa shape index (κ2) is 10.3. The van der Waals surface area contributed by atoms with E-state index < -0.39 is 11.7 Å². The molecule has 6 nitrogen and oxygen atoms in total. The summed E-state index contributed by atoms with van der Waals surface area (Å²) >= 11 is 5.68. The molecule has 0 spiro atoms. The molecular weight excluding hydrogens is 489 g/mol. The standard InChI is InChI=1S/C26H27F3N4O2S/c1-16-14-20(17(2)33(16)19-9-6-8-18(15-19)26(27,28)29)24-23(21-10-4-5-12-30-21)31-25(36)32(24)13-7-11-22(34)35-3/h4-6,8-10,12,14-15,23-24H,7,11,13H2,1-3H3,(H,31,36). The highest BCUT2D eigenvalue weighted by Crippen LogP contribution is 2.42. The Morgan fingerprint density at radius 2 is 1.94 bits per heavy atom. The molecule has 3 aromatic rings. The molecular formula is C26H27F3N4O2S. The van der Waals surface area contributed by atoms with Crippen LogP contribution in [0.1, 0.15) is 53.1 Å². The topological polar surface area (TPSA) is 59.4 Å². The van der Waals surface area contributed by atoms with Gasteiger partial charge in [-0.3, -0.25) is 9.78 Å². The van der Waals surface area contributed by atoms with Crippen LogP contribution in [0.5, 0.6) is 0 Å². The quantitative estimate of drug-likeness (QED) is 0.334. The average Bonchev–Trinajstić information content (AvgIpc) is 3.33. The molecule has 4 rings (SSSR count). The number of aromatic nitrogens is 2. The van der Waals surface area contributed by atoms with E-state index >= 15 is 0 Å². The summed E-state index contributed by atoms with van der Waals surface area (Å²) in [5.41, 5.74) is 3.06. The molecule has 0 aliphatic carbocycles. The molecule has 1 N–H and O–H groups in total. The number of halogens is 3. The van der Waals surface area contributed by atoms with E-state index in [0.29, 0.717) is 23.8 Å². The maximum absolute atomic E-state index is 13.4. The van der Waals surface area contributed by atoms with Crippen LogP contribution < -0.4 is 5.32 Å². The van der Waals surface area contributed by atoms with Crippen molar-refractivity contribution in [2.75, 3.05) is 13.7 Å². The number of benzene rings is 1. The van der Waals surface area contributed by atoms with Crippen LogP contribution in [0.4, 0.5) is 13.2 Å². The van der Waals surface area contributed by atoms with Crippen molar-refractivity contribution in [1.29, 1.82) is 0 Å². The van der Waals surface area contributed by atoms with E-state index in [9.17, 15) is 18.0 Å². The van der Waals surface area contributed by atoms with Crippen molar-refractivity contribution >= 4 is 23.3 Å². The molecule has 1 aliphatic heterocycles. The van der Waals surface area contributed by atoms with E-state index in [-0.39, 0.29) is 24.5 Å². The van der Waals surface area contributed by atoms with Crippen LogP contribution in [-0.2, 0) is 15.7 Å². The Labute approximate surface area is 213 Å². The van der Waals surface area contributed by atoms with Crippen molar-refractivity contribution in [2.24, 2.45) is 0 Å². The molecule has 2 unspecified atom stereocenters. The Morgan fingerprint density at radius 1 is 1.17 bits per heavy atom. The molecule has 36 heavy (non-hydrogen) atoms. The lowest BCUT2D eigenvalue weighted by Gasteiger charge is -2.28. The summed E-state index contributed by atoms with van der Waals surface area (Å²) in [5, 5.41) is 3.90. The van der Waals surface area contributed by atoms with Gasteiger partial charge < -0.3 is 19.5 Å². The number of hydrogen-bond donors (Lipinski definition) is 1. The third kappa shape index (κ3) is 5.09. The molecule has 1 fully saturated rings. The lowest BCUT2D eigenvalue weighted by molar-refractivity contribution is -0.141. The first kappa shape index (κ1) is 25.7. The molecule has 3 heterocycles. The number of carbonyl (C=O) groups excluding carboxylic acids is 1. The fourth-order valence-electron chi connectivity index (χ4n) is 4.79. The van der Waals surface area contributed by atoms with E-state index in [1.165, 1.54) is 13.2 Å². The number of aryl methyl sites for hydroxylation is 1. The van der Waals surface area contributed by atoms with Gasteiger partial charge in [0.1, 0.15) is 0 Å². The number of nitrogens with one attached hydrogen (secondary N) is 1. The predicted octanol–water partition coefficient (Wildman–Crippen LogP) is 5.43. The number of hydrogen-bond acceptors (Lipinski definition) is 4. The number of thiocarbonyl (C=S) groups is 1. The SMILES string of the molecule is COC(=O)CCCN1C(=S)NC(c2ccccn2)C1c1cc(C)n(-c2cccc(C(F)(F)F)c2)c1C. The molecule has 0 saturated carbocycles. The molecule has 0 radical (unpaired) electrons. The van der Waals surface area contributed by atoms with Gasteiger partial charge in [0.05, 0.1) is 30.5 Å². The van der Waals surface area contributed by atoms with Crippen LogP contribution in [0.2, 0.25) is 0 Å². The lowest BCUT2D eigenvalue weighted by atomic mass is 9.96. The zero-order valence-electron chi connectivity index (χ0n) is 20.2. The third-order valence-corrected chi connectivity index (χ3v) is 6.78. The molecule has 0 amide bonds. The number of esters is 1. The van der Waals surface area contributed by atoms with Crippen molar-refractivity contribution in [1.82, 2.24) is 19.8 Å². The zero-order chi connectivity index (χ0) is 26.0. The van der Waals surface area contributed by atoms with Gasteiger partial charge in [0.2, 0.25) is 0 Å². The first-order valence-electron chi connectivity index (χ1n) is 11.5. The van der Waals surface area contributed by atoms with Crippen molar-refractivity contribution in [2.45, 2.75) is 44.9 Å². The minimum absolute atomic E-state index is 0.250. The molecule has 0 bridgehead atoms. The van der Waals surface area contributed by atoms with Crippen LogP contribution in [-0.4, -0.2) is 39.2 Å². The van der Waals surface area contributed by atoms with E-state index in [2.05, 4.69) is 10.3 Å². The molecule has 1 saturated heterocycles. The second-order valence-corrected chi connectivity index (χ2v) is 9.10. The molecule has 1 aliphatic rings. The van der Waals surface area contributed by atoms with E-state index in [0.717, 1.165) is 34.8 Å². The number of carbonyl (C=O) groups is 1. The van der Waals surface area contributed by atoms with E-state index in [1.807, 2.05) is 47.6 Å². The number of alkyl halides is 3. The fourth-order valence-corrected chi connectivity index (χ4v) is 5.12. The minimum Gasteiger partial charge on any atom is -0.469 e. The maximum atomic E-state index is 13.4. The number of nitrogens with zero attached hydrogens (tertiary/aromatic N) is 3. The number of ether oxygens (including phenoxy) is 1. The van der Waals surface area contributed by atoms with Gasteiger partial charge >= 0.3 is 12.1 Å². The number of pyridine rings is 1. The first-order valence-corrected chi connectivity index (χ1v) is 11.9. The predicted molar refractivity (Wildman–Crippen MR) is 134 cm³/mol. The summed E-state index contributed by atoms with van der Waals surface area (Å²) in [7, 11) is 1.35. The summed E-state index contributed by atoms with van der Waals surface area (Å²) in [6.07, 6.45) is -1.94. The summed E-state index contributed by atoms with van der Waals surface area (Å²) in [6.45, 7) is 4.27. The highest BCUT2D eigenvalue weighted by molar-refractivity contribution is 7.80. The van der Waals surface area contributed by atoms with Gasteiger partial charge in [-0.25, -0.2) is 0 Å². The lowest BCUT2D eigenvalue weighted by Crippen LogP contribution is -2.31. The van der Waals surface area contributed by atoms with Gasteiger partial charge in [0, 0.05) is 36.2 Å². The summed E-state index contributed by atoms with van der Waals surface area (Å²) in [6, 6.07) is 12.4. The van der Waals surface area contributed by atoms with Crippen molar-refractivity contribution in [3.05, 3.63) is 82.9 Å². The zero-order valence-corrected chi connectivity index (χ0v) is 21.0. The summed E-state index contributed by atoms with van der Waals surface area (Å²) in [5.74, 6) is -0.298. The number of rotatable bonds is 7. The smallest absolute Gasteiger partial charge is 0.416 e. The van der Waals surface area contributed by atoms with Crippen molar-refractivity contribution < 1.29 is 22.7 Å². The van der Waals surface area contributed by atoms with E-state index in [1.54, 1.807) is 12.3 Å². The van der Waals surface area contributed by atoms with Gasteiger partial charge in [-0.1, -0.05) is 12.1 Å². The van der Waals surface area contributed by atoms with E-state index in [4.69, 9.17) is 17.0 Å². The summed E-state index contributed by atoms with van der Waals surface area (Å²) < 4.78 is 46.8. The summed E-state index contributed by atoms with van der Waals surface area (Å²) in [4.78, 5) is 18.2. The van der Waals surface area contributed by atoms with Crippen LogP contribution in [0.25, 0.3) is 5.69 Å². The molecule has 2 atom stereocenters. The van der Waals surface area contributed by atoms with Crippen molar-refractivity contribution in [3.63, 3.8) is 0 Å². The Kier molecular flexibility index (Phi) is 7.35. The van der Waals surface area contributed by atoms with Crippen LogP contribution in [0, 0.1) is 13.8 Å². The van der Waals surface area contributed by atoms with Crippen LogP contribution in [0.15, 0.2) is 54.7 Å². The largest absolute Gasteiger partial charge is 0.469 e. The monoisotopic (exact) mass is 516 g/mol. The first-order chi connectivity index (χ1) is 17.1. The average molecular weight is 517 g/mol.